The van der Waals surface area contributed by atoms with Gasteiger partial charge >= 0.3 is 6.18 Å². The number of hydrogen-bond acceptors (Lipinski definition) is 4. The Bertz CT molecular complexity index is 478. The van der Waals surface area contributed by atoms with E-state index in [4.69, 9.17) is 0 Å². The number of nitrogens with zero attached hydrogens (tertiary/aromatic N) is 3. The molecule has 1 fully saturated rings. The van der Waals surface area contributed by atoms with E-state index in [9.17, 15) is 13.2 Å². The highest BCUT2D eigenvalue weighted by Crippen LogP contribution is 2.33. The topological polar surface area (TPSA) is 41.1 Å². The Morgan fingerprint density at radius 2 is 1.90 bits per heavy atom. The van der Waals surface area contributed by atoms with Gasteiger partial charge in [-0.2, -0.15) is 13.2 Å². The van der Waals surface area contributed by atoms with Gasteiger partial charge in [0, 0.05) is 24.3 Å². The van der Waals surface area contributed by atoms with Crippen LogP contribution in [-0.2, 0) is 6.54 Å². The van der Waals surface area contributed by atoms with Crippen LogP contribution in [0.5, 0.6) is 0 Å². The van der Waals surface area contributed by atoms with E-state index in [2.05, 4.69) is 15.3 Å². The molecular formula is C14H21F3N4. The lowest BCUT2D eigenvalue weighted by Crippen LogP contribution is -2.37. The summed E-state index contributed by atoms with van der Waals surface area (Å²) in [4.78, 5) is 9.67. The Hall–Kier alpha value is -1.37. The minimum Gasteiger partial charge on any atom is -0.343 e. The molecule has 0 bridgehead atoms. The van der Waals surface area contributed by atoms with E-state index in [1.54, 1.807) is 6.20 Å². The Labute approximate surface area is 122 Å². The first-order valence-electron chi connectivity index (χ1n) is 7.03. The maximum atomic E-state index is 12.7. The van der Waals surface area contributed by atoms with Gasteiger partial charge in [0.25, 0.3) is 0 Å². The molecule has 1 aromatic heterocycles. The fraction of sp³-hybridized carbons (Fsp3) is 0.714. The van der Waals surface area contributed by atoms with Gasteiger partial charge in [-0.25, -0.2) is 4.98 Å². The van der Waals surface area contributed by atoms with E-state index in [1.165, 1.54) is 11.1 Å². The van der Waals surface area contributed by atoms with Crippen LogP contribution in [-0.4, -0.2) is 34.3 Å². The average Bonchev–Trinajstić information content (AvgIpc) is 3.16. The van der Waals surface area contributed by atoms with Crippen molar-refractivity contribution in [3.05, 3.63) is 18.1 Å². The van der Waals surface area contributed by atoms with Gasteiger partial charge in [0.2, 0.25) is 0 Å². The molecule has 1 aliphatic rings. The van der Waals surface area contributed by atoms with E-state index in [0.717, 1.165) is 12.8 Å². The monoisotopic (exact) mass is 302 g/mol. The summed E-state index contributed by atoms with van der Waals surface area (Å²) in [6.07, 6.45) is 0.319. The zero-order chi connectivity index (χ0) is 15.7. The molecule has 0 atom stereocenters. The van der Waals surface area contributed by atoms with Crippen LogP contribution >= 0.6 is 0 Å². The molecule has 0 unspecified atom stereocenters. The van der Waals surface area contributed by atoms with E-state index >= 15 is 0 Å². The van der Waals surface area contributed by atoms with Crippen LogP contribution in [0.2, 0.25) is 0 Å². The number of rotatable bonds is 5. The van der Waals surface area contributed by atoms with Gasteiger partial charge in [0.15, 0.2) is 0 Å². The Balaban J connectivity index is 2.10. The standard InChI is InChI=1S/C14H21F3N4/c1-13(2,3)19-7-10-6-18-8-12(20-10)21(11-4-5-11)9-14(15,16)17/h6,8,11,19H,4-5,7,9H2,1-3H3. The van der Waals surface area contributed by atoms with E-state index in [-0.39, 0.29) is 11.6 Å². The Morgan fingerprint density at radius 3 is 2.43 bits per heavy atom. The summed E-state index contributed by atoms with van der Waals surface area (Å²) in [5.41, 5.74) is 0.565. The predicted octanol–water partition coefficient (Wildman–Crippen LogP) is 2.90. The van der Waals surface area contributed by atoms with E-state index in [0.29, 0.717) is 18.1 Å². The molecule has 0 radical (unpaired) electrons. The summed E-state index contributed by atoms with van der Waals surface area (Å²) in [6.45, 7) is 5.57. The molecule has 0 aromatic carbocycles. The van der Waals surface area contributed by atoms with Crippen molar-refractivity contribution in [2.75, 3.05) is 11.4 Å². The van der Waals surface area contributed by atoms with Crippen LogP contribution in [0.1, 0.15) is 39.3 Å². The highest BCUT2D eigenvalue weighted by atomic mass is 19.4. The van der Waals surface area contributed by atoms with Crippen LogP contribution in [0.15, 0.2) is 12.4 Å². The second kappa shape index (κ2) is 5.79. The third kappa shape index (κ3) is 5.49. The van der Waals surface area contributed by atoms with Crippen LogP contribution in [0.4, 0.5) is 19.0 Å². The van der Waals surface area contributed by atoms with Gasteiger partial charge < -0.3 is 10.2 Å². The predicted molar refractivity (Wildman–Crippen MR) is 75.0 cm³/mol. The summed E-state index contributed by atoms with van der Waals surface area (Å²) in [6, 6.07) is -0.0632. The average molecular weight is 302 g/mol. The zero-order valence-corrected chi connectivity index (χ0v) is 12.5. The van der Waals surface area contributed by atoms with Crippen molar-refractivity contribution >= 4 is 5.82 Å². The molecule has 0 saturated heterocycles. The maximum absolute atomic E-state index is 12.7. The number of nitrogens with one attached hydrogen (secondary N) is 1. The molecule has 1 aliphatic carbocycles. The van der Waals surface area contributed by atoms with Gasteiger partial charge in [0.1, 0.15) is 12.4 Å². The molecule has 2 rings (SSSR count). The van der Waals surface area contributed by atoms with E-state index < -0.39 is 12.7 Å². The van der Waals surface area contributed by atoms with Gasteiger partial charge in [-0.15, -0.1) is 0 Å². The second-order valence-electron chi connectivity index (χ2n) is 6.45. The summed E-state index contributed by atoms with van der Waals surface area (Å²) < 4.78 is 38.0. The van der Waals surface area contributed by atoms with Crippen LogP contribution < -0.4 is 10.2 Å². The SMILES string of the molecule is CC(C)(C)NCc1cncc(N(CC(F)(F)F)C2CC2)n1. The normalized spacial score (nSPS) is 16.1. The van der Waals surface area contributed by atoms with Gasteiger partial charge in [-0.05, 0) is 33.6 Å². The fourth-order valence-electron chi connectivity index (χ4n) is 1.95. The molecule has 4 nitrogen and oxygen atoms in total. The molecule has 1 heterocycles. The molecule has 1 N–H and O–H groups in total. The second-order valence-corrected chi connectivity index (χ2v) is 6.45. The molecule has 0 amide bonds. The van der Waals surface area contributed by atoms with Gasteiger partial charge in [0.05, 0.1) is 11.9 Å². The molecular weight excluding hydrogens is 281 g/mol. The number of alkyl halides is 3. The largest absolute Gasteiger partial charge is 0.405 e. The van der Waals surface area contributed by atoms with Crippen molar-refractivity contribution in [2.45, 2.75) is 57.9 Å². The summed E-state index contributed by atoms with van der Waals surface area (Å²) >= 11 is 0. The third-order valence-electron chi connectivity index (χ3n) is 3.10. The highest BCUT2D eigenvalue weighted by Gasteiger charge is 2.38. The van der Waals surface area contributed by atoms with Crippen molar-refractivity contribution in [1.82, 2.24) is 15.3 Å². The number of hydrogen-bond donors (Lipinski definition) is 1. The summed E-state index contributed by atoms with van der Waals surface area (Å²) in [7, 11) is 0. The maximum Gasteiger partial charge on any atom is 0.405 e. The van der Waals surface area contributed by atoms with Gasteiger partial charge in [-0.3, -0.25) is 4.98 Å². The van der Waals surface area contributed by atoms with Crippen molar-refractivity contribution in [3.8, 4) is 0 Å². The molecule has 1 saturated carbocycles. The first-order chi connectivity index (χ1) is 9.64. The molecule has 0 aliphatic heterocycles. The molecule has 118 valence electrons. The van der Waals surface area contributed by atoms with Crippen LogP contribution in [0.25, 0.3) is 0 Å². The minimum atomic E-state index is -4.23. The van der Waals surface area contributed by atoms with Crippen molar-refractivity contribution in [2.24, 2.45) is 0 Å². The Morgan fingerprint density at radius 1 is 1.24 bits per heavy atom. The van der Waals surface area contributed by atoms with E-state index in [1.807, 2.05) is 20.8 Å². The molecule has 7 heteroatoms. The highest BCUT2D eigenvalue weighted by molar-refractivity contribution is 5.40. The smallest absolute Gasteiger partial charge is 0.343 e. The molecule has 1 aromatic rings. The zero-order valence-electron chi connectivity index (χ0n) is 12.5. The minimum absolute atomic E-state index is 0.0632. The fourth-order valence-corrected chi connectivity index (χ4v) is 1.95. The number of aromatic nitrogens is 2. The lowest BCUT2D eigenvalue weighted by molar-refractivity contribution is -0.120. The molecule has 0 spiro atoms. The Kier molecular flexibility index (Phi) is 4.41. The van der Waals surface area contributed by atoms with Crippen molar-refractivity contribution in [1.29, 1.82) is 0 Å². The quantitative estimate of drug-likeness (QED) is 0.908. The van der Waals surface area contributed by atoms with Crippen molar-refractivity contribution < 1.29 is 13.2 Å². The van der Waals surface area contributed by atoms with Gasteiger partial charge in [-0.1, -0.05) is 0 Å². The third-order valence-corrected chi connectivity index (χ3v) is 3.10. The summed E-state index contributed by atoms with van der Waals surface area (Å²) in [5, 5.41) is 3.25. The van der Waals surface area contributed by atoms with Crippen LogP contribution in [0.3, 0.4) is 0 Å². The molecule has 21 heavy (non-hydrogen) atoms. The lowest BCUT2D eigenvalue weighted by atomic mass is 10.1. The number of halogens is 3. The first kappa shape index (κ1) is 16.0. The summed E-state index contributed by atoms with van der Waals surface area (Å²) in [5.74, 6) is 0.308. The van der Waals surface area contributed by atoms with Crippen LogP contribution in [0, 0.1) is 0 Å². The lowest BCUT2D eigenvalue weighted by Gasteiger charge is -2.25. The first-order valence-corrected chi connectivity index (χ1v) is 7.03. The van der Waals surface area contributed by atoms with Crippen molar-refractivity contribution in [3.63, 3.8) is 0 Å². The number of anilines is 1.